The third-order valence-electron chi connectivity index (χ3n) is 4.98. The number of ether oxygens (including phenoxy) is 1. The van der Waals surface area contributed by atoms with Gasteiger partial charge in [-0.1, -0.05) is 0 Å². The molecule has 0 atom stereocenters. The Morgan fingerprint density at radius 3 is 2.50 bits per heavy atom. The lowest BCUT2D eigenvalue weighted by Gasteiger charge is -2.29. The van der Waals surface area contributed by atoms with Gasteiger partial charge in [-0.2, -0.15) is 0 Å². The summed E-state index contributed by atoms with van der Waals surface area (Å²) >= 11 is 0. The number of hydrogen-bond acceptors (Lipinski definition) is 6. The number of furan rings is 1. The fourth-order valence-corrected chi connectivity index (χ4v) is 4.46. The number of rotatable bonds is 5. The Labute approximate surface area is 164 Å². The molecule has 7 nitrogen and oxygen atoms in total. The molecule has 0 unspecified atom stereocenters. The second-order valence-corrected chi connectivity index (χ2v) is 8.90. The van der Waals surface area contributed by atoms with Crippen LogP contribution in [0.15, 0.2) is 22.6 Å². The predicted octanol–water partition coefficient (Wildman–Crippen LogP) is 2.96. The minimum atomic E-state index is -3.36. The second-order valence-electron chi connectivity index (χ2n) is 7.00. The van der Waals surface area contributed by atoms with Crippen molar-refractivity contribution in [3.05, 3.63) is 52.0 Å². The van der Waals surface area contributed by atoms with Gasteiger partial charge in [0.1, 0.15) is 17.1 Å². The lowest BCUT2D eigenvalue weighted by atomic mass is 9.99. The lowest BCUT2D eigenvalue weighted by Crippen LogP contribution is -2.34. The first-order chi connectivity index (χ1) is 13.1. The molecule has 0 spiro atoms. The maximum Gasteiger partial charge on any atom is 0.342 e. The van der Waals surface area contributed by atoms with E-state index in [1.807, 2.05) is 0 Å². The van der Waals surface area contributed by atoms with Crippen LogP contribution in [0.4, 0.5) is 5.69 Å². The Kier molecular flexibility index (Phi) is 5.34. The van der Waals surface area contributed by atoms with Gasteiger partial charge in [0.2, 0.25) is 10.0 Å². The van der Waals surface area contributed by atoms with E-state index in [-0.39, 0.29) is 5.78 Å². The third-order valence-corrected chi connectivity index (χ3v) is 6.16. The molecule has 0 amide bonds. The van der Waals surface area contributed by atoms with Crippen LogP contribution in [-0.2, 0) is 21.2 Å². The number of Topliss-reactive ketones (excluding diaryl/α,β-unsaturated/α-hetero) is 1. The number of carbonyl (C=O) groups excluding carboxylic acids is 2. The molecule has 1 aromatic heterocycles. The highest BCUT2D eigenvalue weighted by Crippen LogP contribution is 2.30. The zero-order valence-corrected chi connectivity index (χ0v) is 17.2. The van der Waals surface area contributed by atoms with Gasteiger partial charge in [-0.25, -0.2) is 13.2 Å². The van der Waals surface area contributed by atoms with Crippen LogP contribution in [0.25, 0.3) is 0 Å². The average molecular weight is 405 g/mol. The van der Waals surface area contributed by atoms with E-state index in [9.17, 15) is 18.0 Å². The summed E-state index contributed by atoms with van der Waals surface area (Å²) in [6.45, 7) is 5.24. The van der Waals surface area contributed by atoms with Gasteiger partial charge in [0, 0.05) is 17.7 Å². The quantitative estimate of drug-likeness (QED) is 0.561. The van der Waals surface area contributed by atoms with Crippen LogP contribution in [0.5, 0.6) is 0 Å². The first kappa shape index (κ1) is 20.1. The van der Waals surface area contributed by atoms with Gasteiger partial charge in [0.15, 0.2) is 12.4 Å². The number of carbonyl (C=O) groups is 2. The number of ketones is 1. The van der Waals surface area contributed by atoms with Crippen LogP contribution < -0.4 is 4.31 Å². The summed E-state index contributed by atoms with van der Waals surface area (Å²) in [4.78, 5) is 24.8. The first-order valence-corrected chi connectivity index (χ1v) is 10.8. The molecule has 0 radical (unpaired) electrons. The summed E-state index contributed by atoms with van der Waals surface area (Å²) in [6, 6.07) is 4.89. The fraction of sp³-hybridized carbons (Fsp3) is 0.400. The first-order valence-electron chi connectivity index (χ1n) is 8.97. The summed E-state index contributed by atoms with van der Waals surface area (Å²) in [5.41, 5.74) is 2.83. The van der Waals surface area contributed by atoms with Gasteiger partial charge in [0.05, 0.1) is 11.9 Å². The van der Waals surface area contributed by atoms with Crippen molar-refractivity contribution in [1.29, 1.82) is 0 Å². The Morgan fingerprint density at radius 2 is 1.89 bits per heavy atom. The van der Waals surface area contributed by atoms with Gasteiger partial charge in [0.25, 0.3) is 0 Å². The van der Waals surface area contributed by atoms with Crippen molar-refractivity contribution in [1.82, 2.24) is 0 Å². The molecular formula is C20H23NO6S. The summed E-state index contributed by atoms with van der Waals surface area (Å²) < 4.78 is 35.8. The molecule has 0 saturated heterocycles. The SMILES string of the molecule is Cc1oc(C)c(C(=O)OCC(=O)c2ccc3c(c2)CCCN3S(C)(=O)=O)c1C. The zero-order valence-electron chi connectivity index (χ0n) is 16.4. The van der Waals surface area contributed by atoms with E-state index in [0.717, 1.165) is 5.56 Å². The zero-order chi connectivity index (χ0) is 20.6. The molecular weight excluding hydrogens is 382 g/mol. The molecule has 150 valence electrons. The molecule has 28 heavy (non-hydrogen) atoms. The largest absolute Gasteiger partial charge is 0.465 e. The van der Waals surface area contributed by atoms with E-state index in [4.69, 9.17) is 9.15 Å². The van der Waals surface area contributed by atoms with Gasteiger partial charge in [-0.05, 0) is 57.4 Å². The fourth-order valence-electron chi connectivity index (χ4n) is 3.46. The molecule has 8 heteroatoms. The molecule has 0 fully saturated rings. The van der Waals surface area contributed by atoms with E-state index in [2.05, 4.69) is 0 Å². The van der Waals surface area contributed by atoms with Gasteiger partial charge in [-0.3, -0.25) is 9.10 Å². The molecule has 0 saturated carbocycles. The molecule has 0 bridgehead atoms. The Hall–Kier alpha value is -2.61. The van der Waals surface area contributed by atoms with Crippen LogP contribution in [-0.4, -0.2) is 39.6 Å². The molecule has 2 heterocycles. The Bertz CT molecular complexity index is 1050. The number of aryl methyl sites for hydroxylation is 3. The van der Waals surface area contributed by atoms with Crippen LogP contribution in [0.2, 0.25) is 0 Å². The number of anilines is 1. The van der Waals surface area contributed by atoms with Gasteiger partial charge < -0.3 is 9.15 Å². The normalized spacial score (nSPS) is 13.9. The summed E-state index contributed by atoms with van der Waals surface area (Å²) in [6.07, 6.45) is 2.54. The van der Waals surface area contributed by atoms with Crippen molar-refractivity contribution < 1.29 is 27.2 Å². The summed E-state index contributed by atoms with van der Waals surface area (Å²) in [5.74, 6) is 0.160. The van der Waals surface area contributed by atoms with E-state index >= 15 is 0 Å². The highest BCUT2D eigenvalue weighted by molar-refractivity contribution is 7.92. The smallest absolute Gasteiger partial charge is 0.342 e. The monoisotopic (exact) mass is 405 g/mol. The van der Waals surface area contributed by atoms with Gasteiger partial charge in [-0.15, -0.1) is 0 Å². The van der Waals surface area contributed by atoms with Crippen molar-refractivity contribution in [2.45, 2.75) is 33.6 Å². The average Bonchev–Trinajstić information content (AvgIpc) is 2.89. The van der Waals surface area contributed by atoms with Crippen molar-refractivity contribution in [2.75, 3.05) is 23.7 Å². The third kappa shape index (κ3) is 3.82. The maximum absolute atomic E-state index is 12.5. The number of benzene rings is 1. The molecule has 1 aliphatic heterocycles. The number of fused-ring (bicyclic) bond motifs is 1. The lowest BCUT2D eigenvalue weighted by molar-refractivity contribution is 0.0472. The van der Waals surface area contributed by atoms with Crippen LogP contribution in [0, 0.1) is 20.8 Å². The topological polar surface area (TPSA) is 93.9 Å². The van der Waals surface area contributed by atoms with E-state index in [0.29, 0.717) is 53.3 Å². The van der Waals surface area contributed by atoms with Crippen molar-refractivity contribution in [3.63, 3.8) is 0 Å². The standard InChI is InChI=1S/C20H23NO6S/c1-12-13(2)27-14(3)19(12)20(23)26-11-18(22)16-7-8-17-15(10-16)6-5-9-21(17)28(4,24)25/h7-8,10H,5-6,9,11H2,1-4H3. The molecule has 3 rings (SSSR count). The predicted molar refractivity (Wildman–Crippen MR) is 104 cm³/mol. The van der Waals surface area contributed by atoms with E-state index in [1.54, 1.807) is 39.0 Å². The number of sulfonamides is 1. The Balaban J connectivity index is 1.74. The highest BCUT2D eigenvalue weighted by Gasteiger charge is 2.25. The molecule has 0 aliphatic carbocycles. The molecule has 0 N–H and O–H groups in total. The second kappa shape index (κ2) is 7.43. The van der Waals surface area contributed by atoms with Crippen LogP contribution in [0.1, 0.15) is 49.8 Å². The molecule has 1 aliphatic rings. The Morgan fingerprint density at radius 1 is 1.18 bits per heavy atom. The van der Waals surface area contributed by atoms with Crippen LogP contribution >= 0.6 is 0 Å². The molecule has 1 aromatic carbocycles. The highest BCUT2D eigenvalue weighted by atomic mass is 32.2. The maximum atomic E-state index is 12.5. The summed E-state index contributed by atoms with van der Waals surface area (Å²) in [7, 11) is -3.36. The number of hydrogen-bond donors (Lipinski definition) is 0. The van der Waals surface area contributed by atoms with Crippen LogP contribution in [0.3, 0.4) is 0 Å². The minimum absolute atomic E-state index is 0.344. The van der Waals surface area contributed by atoms with Gasteiger partial charge >= 0.3 is 5.97 Å². The number of nitrogens with zero attached hydrogens (tertiary/aromatic N) is 1. The van der Waals surface area contributed by atoms with Crippen molar-refractivity contribution in [3.8, 4) is 0 Å². The minimum Gasteiger partial charge on any atom is -0.465 e. The van der Waals surface area contributed by atoms with Crippen molar-refractivity contribution >= 4 is 27.5 Å². The number of esters is 1. The van der Waals surface area contributed by atoms with Crippen molar-refractivity contribution in [2.24, 2.45) is 0 Å². The van der Waals surface area contributed by atoms with E-state index < -0.39 is 22.6 Å². The molecule has 2 aromatic rings. The summed E-state index contributed by atoms with van der Waals surface area (Å²) in [5, 5.41) is 0. The van der Waals surface area contributed by atoms with E-state index in [1.165, 1.54) is 10.6 Å².